The van der Waals surface area contributed by atoms with Crippen LogP contribution in [-0.2, 0) is 11.3 Å². The minimum absolute atomic E-state index is 0.170. The smallest absolute Gasteiger partial charge is 0.308 e. The molecule has 114 valence electrons. The van der Waals surface area contributed by atoms with Gasteiger partial charge in [0.15, 0.2) is 0 Å². The van der Waals surface area contributed by atoms with E-state index in [1.165, 1.54) is 5.56 Å². The number of benzene rings is 1. The van der Waals surface area contributed by atoms with Crippen LogP contribution in [0.2, 0.25) is 0 Å². The number of carboxylic acid groups (broad SMARTS) is 1. The lowest BCUT2D eigenvalue weighted by molar-refractivity contribution is -0.142. The zero-order valence-electron chi connectivity index (χ0n) is 12.5. The van der Waals surface area contributed by atoms with Crippen LogP contribution in [0.3, 0.4) is 0 Å². The molecule has 1 aromatic rings. The molecule has 0 aliphatic carbocycles. The number of fused-ring (bicyclic) bond motifs is 2. The predicted molar refractivity (Wildman–Crippen MR) is 80.3 cm³/mol. The van der Waals surface area contributed by atoms with E-state index in [1.807, 2.05) is 12.1 Å². The van der Waals surface area contributed by atoms with Crippen LogP contribution < -0.4 is 4.74 Å². The molecular formula is C17H23NO3. The lowest BCUT2D eigenvalue weighted by Crippen LogP contribution is -2.32. The monoisotopic (exact) mass is 289 g/mol. The molecule has 2 aliphatic rings. The van der Waals surface area contributed by atoms with E-state index in [-0.39, 0.29) is 12.0 Å². The van der Waals surface area contributed by atoms with Crippen molar-refractivity contribution in [3.63, 3.8) is 0 Å². The Bertz CT molecular complexity index is 499. The number of carboxylic acids is 1. The second-order valence-electron chi connectivity index (χ2n) is 6.14. The second-order valence-corrected chi connectivity index (χ2v) is 6.14. The summed E-state index contributed by atoms with van der Waals surface area (Å²) in [5, 5.41) is 9.29. The van der Waals surface area contributed by atoms with Gasteiger partial charge in [-0.1, -0.05) is 19.1 Å². The molecule has 3 unspecified atom stereocenters. The van der Waals surface area contributed by atoms with Crippen LogP contribution in [0.25, 0.3) is 0 Å². The van der Waals surface area contributed by atoms with Crippen molar-refractivity contribution in [3.05, 3.63) is 29.8 Å². The Morgan fingerprint density at radius 2 is 2.10 bits per heavy atom. The quantitative estimate of drug-likeness (QED) is 0.875. The zero-order chi connectivity index (χ0) is 14.8. The third-order valence-electron chi connectivity index (χ3n) is 4.76. The van der Waals surface area contributed by atoms with Crippen molar-refractivity contribution in [2.24, 2.45) is 5.92 Å². The molecule has 0 aromatic heterocycles. The Hall–Kier alpha value is -1.55. The molecule has 1 N–H and O–H groups in total. The number of aliphatic carboxylic acids is 1. The molecule has 2 aliphatic heterocycles. The minimum atomic E-state index is -0.629. The first-order valence-electron chi connectivity index (χ1n) is 7.89. The topological polar surface area (TPSA) is 49.8 Å². The lowest BCUT2D eigenvalue weighted by Gasteiger charge is -2.22. The highest BCUT2D eigenvalue weighted by Crippen LogP contribution is 2.42. The molecule has 21 heavy (non-hydrogen) atoms. The largest absolute Gasteiger partial charge is 0.494 e. The van der Waals surface area contributed by atoms with E-state index in [1.54, 1.807) is 0 Å². The highest BCUT2D eigenvalue weighted by atomic mass is 16.5. The second kappa shape index (κ2) is 6.06. The summed E-state index contributed by atoms with van der Waals surface area (Å²) < 4.78 is 5.59. The summed E-state index contributed by atoms with van der Waals surface area (Å²) in [5.41, 5.74) is 1.24. The maximum atomic E-state index is 11.3. The van der Waals surface area contributed by atoms with Gasteiger partial charge in [0.05, 0.1) is 12.5 Å². The molecule has 2 fully saturated rings. The molecule has 3 atom stereocenters. The van der Waals surface area contributed by atoms with Crippen LogP contribution in [0.5, 0.6) is 5.75 Å². The van der Waals surface area contributed by atoms with Gasteiger partial charge in [-0.15, -0.1) is 0 Å². The van der Waals surface area contributed by atoms with Crippen molar-refractivity contribution in [3.8, 4) is 5.75 Å². The van der Waals surface area contributed by atoms with Crippen LogP contribution in [0.1, 0.15) is 38.2 Å². The number of nitrogens with zero attached hydrogens (tertiary/aromatic N) is 1. The highest BCUT2D eigenvalue weighted by Gasteiger charge is 2.48. The molecule has 3 rings (SSSR count). The molecular weight excluding hydrogens is 266 g/mol. The first kappa shape index (κ1) is 14.4. The molecule has 2 bridgehead atoms. The minimum Gasteiger partial charge on any atom is -0.494 e. The van der Waals surface area contributed by atoms with Crippen molar-refractivity contribution >= 4 is 5.97 Å². The van der Waals surface area contributed by atoms with E-state index in [2.05, 4.69) is 24.0 Å². The fourth-order valence-corrected chi connectivity index (χ4v) is 3.73. The maximum absolute atomic E-state index is 11.3. The normalized spacial score (nSPS) is 28.0. The molecule has 1 aromatic carbocycles. The summed E-state index contributed by atoms with van der Waals surface area (Å²) >= 11 is 0. The summed E-state index contributed by atoms with van der Waals surface area (Å²) in [7, 11) is 0. The number of carbonyl (C=O) groups is 1. The Labute approximate surface area is 125 Å². The summed E-state index contributed by atoms with van der Waals surface area (Å²) in [6, 6.07) is 8.89. The molecule has 0 saturated carbocycles. The Balaban J connectivity index is 1.63. The van der Waals surface area contributed by atoms with Gasteiger partial charge in [-0.25, -0.2) is 0 Å². The van der Waals surface area contributed by atoms with E-state index < -0.39 is 5.97 Å². The Kier molecular flexibility index (Phi) is 4.15. The van der Waals surface area contributed by atoms with Gasteiger partial charge in [0.1, 0.15) is 5.75 Å². The van der Waals surface area contributed by atoms with Crippen molar-refractivity contribution in [1.29, 1.82) is 0 Å². The maximum Gasteiger partial charge on any atom is 0.308 e. The molecule has 0 radical (unpaired) electrons. The van der Waals surface area contributed by atoms with Crippen LogP contribution >= 0.6 is 0 Å². The van der Waals surface area contributed by atoms with E-state index >= 15 is 0 Å². The molecule has 2 heterocycles. The van der Waals surface area contributed by atoms with Crippen LogP contribution in [-0.4, -0.2) is 34.7 Å². The summed E-state index contributed by atoms with van der Waals surface area (Å²) in [6.07, 6.45) is 4.00. The van der Waals surface area contributed by atoms with Gasteiger partial charge in [0.25, 0.3) is 0 Å². The van der Waals surface area contributed by atoms with E-state index in [0.29, 0.717) is 6.04 Å². The number of hydrogen-bond donors (Lipinski definition) is 1. The van der Waals surface area contributed by atoms with Gasteiger partial charge in [-0.2, -0.15) is 0 Å². The lowest BCUT2D eigenvalue weighted by atomic mass is 9.89. The van der Waals surface area contributed by atoms with Gasteiger partial charge in [-0.05, 0) is 43.4 Å². The van der Waals surface area contributed by atoms with Gasteiger partial charge >= 0.3 is 5.97 Å². The van der Waals surface area contributed by atoms with Crippen LogP contribution in [0.4, 0.5) is 0 Å². The van der Waals surface area contributed by atoms with Crippen molar-refractivity contribution in [1.82, 2.24) is 4.90 Å². The van der Waals surface area contributed by atoms with E-state index in [9.17, 15) is 9.90 Å². The highest BCUT2D eigenvalue weighted by molar-refractivity contribution is 5.71. The van der Waals surface area contributed by atoms with Crippen LogP contribution in [0.15, 0.2) is 24.3 Å². The summed E-state index contributed by atoms with van der Waals surface area (Å²) in [6.45, 7) is 3.69. The average molecular weight is 289 g/mol. The van der Waals surface area contributed by atoms with Gasteiger partial charge in [0.2, 0.25) is 0 Å². The van der Waals surface area contributed by atoms with Gasteiger partial charge in [-0.3, -0.25) is 9.69 Å². The fraction of sp³-hybridized carbons (Fsp3) is 0.588. The summed E-state index contributed by atoms with van der Waals surface area (Å²) in [5.74, 6) is 0.111. The third kappa shape index (κ3) is 2.91. The summed E-state index contributed by atoms with van der Waals surface area (Å²) in [4.78, 5) is 13.7. The molecule has 0 spiro atoms. The van der Waals surface area contributed by atoms with Crippen LogP contribution in [0, 0.1) is 5.92 Å². The Morgan fingerprint density at radius 3 is 2.71 bits per heavy atom. The zero-order valence-corrected chi connectivity index (χ0v) is 12.5. The number of rotatable bonds is 6. The predicted octanol–water partition coefficient (Wildman–Crippen LogP) is 2.91. The number of ether oxygens (including phenoxy) is 1. The third-order valence-corrected chi connectivity index (χ3v) is 4.76. The van der Waals surface area contributed by atoms with Crippen molar-refractivity contribution < 1.29 is 14.6 Å². The van der Waals surface area contributed by atoms with E-state index in [4.69, 9.17) is 4.74 Å². The molecule has 4 heteroatoms. The number of hydrogen-bond acceptors (Lipinski definition) is 3. The van der Waals surface area contributed by atoms with Gasteiger partial charge in [0, 0.05) is 18.6 Å². The molecule has 4 nitrogen and oxygen atoms in total. The molecule has 2 saturated heterocycles. The standard InChI is InChI=1S/C17H23NO3/c1-2-9-21-14-6-3-12(4-7-14)11-18-13-5-8-16(18)15(10-13)17(19)20/h3-4,6-7,13,15-16H,2,5,8-11H2,1H3,(H,19,20). The first-order valence-corrected chi connectivity index (χ1v) is 7.89. The van der Waals surface area contributed by atoms with E-state index in [0.717, 1.165) is 44.6 Å². The first-order chi connectivity index (χ1) is 10.2. The SMILES string of the molecule is CCCOc1ccc(CN2C3CCC2C(C(=O)O)C3)cc1. The fourth-order valence-electron chi connectivity index (χ4n) is 3.73. The van der Waals surface area contributed by atoms with Gasteiger partial charge < -0.3 is 9.84 Å². The van der Waals surface area contributed by atoms with Crippen molar-refractivity contribution in [2.45, 2.75) is 51.2 Å². The Morgan fingerprint density at radius 1 is 1.33 bits per heavy atom. The molecule has 0 amide bonds. The van der Waals surface area contributed by atoms with Crippen molar-refractivity contribution in [2.75, 3.05) is 6.61 Å². The average Bonchev–Trinajstić information content (AvgIpc) is 3.04.